The molecule has 0 bridgehead atoms. The molecule has 0 saturated carbocycles. The number of rotatable bonds is 1. The Morgan fingerprint density at radius 2 is 1.77 bits per heavy atom. The number of hydrogen-bond donors (Lipinski definition) is 0. The molecule has 1 heterocycles. The van der Waals surface area contributed by atoms with Crippen molar-refractivity contribution in [2.75, 3.05) is 12.4 Å². The number of ether oxygens (including phenoxy) is 1. The summed E-state index contributed by atoms with van der Waals surface area (Å²) in [6.45, 7) is 1.72. The molecule has 0 aromatic carbocycles. The third-order valence-electron chi connectivity index (χ3n) is 0.882. The third-order valence-corrected chi connectivity index (χ3v) is 1.05. The first-order valence-corrected chi connectivity index (χ1v) is 4.62. The zero-order chi connectivity index (χ0) is 10.3. The molecule has 4 nitrogen and oxygen atoms in total. The van der Waals surface area contributed by atoms with Crippen LogP contribution in [0.3, 0.4) is 0 Å². The van der Waals surface area contributed by atoms with E-state index in [9.17, 15) is 0 Å². The Balaban J connectivity index is 0.000000424. The van der Waals surface area contributed by atoms with Gasteiger partial charge in [0.25, 0.3) is 0 Å². The lowest BCUT2D eigenvalue weighted by molar-refractivity contribution is 0.376. The molecule has 0 fully saturated rings. The van der Waals surface area contributed by atoms with Crippen LogP contribution in [0.25, 0.3) is 0 Å². The summed E-state index contributed by atoms with van der Waals surface area (Å²) in [5.74, 6) is 0.553. The summed E-state index contributed by atoms with van der Waals surface area (Å²) in [6.07, 6.45) is 0. The minimum Gasteiger partial charge on any atom is -0.467 e. The molecule has 1 aromatic rings. The average molecular weight is 245 g/mol. The molecule has 0 N–H and O–H groups in total. The summed E-state index contributed by atoms with van der Waals surface area (Å²) in [5, 5.41) is 0.351. The van der Waals surface area contributed by atoms with E-state index in [1.54, 1.807) is 6.92 Å². The lowest BCUT2D eigenvalue weighted by Gasteiger charge is -1.96. The molecule has 13 heavy (non-hydrogen) atoms. The van der Waals surface area contributed by atoms with E-state index in [0.29, 0.717) is 5.82 Å². The van der Waals surface area contributed by atoms with Gasteiger partial charge in [-0.05, 0) is 18.5 Å². The van der Waals surface area contributed by atoms with E-state index in [1.807, 2.05) is 0 Å². The van der Waals surface area contributed by atoms with Crippen LogP contribution >= 0.6 is 34.8 Å². The molecular weight excluding hydrogens is 236 g/mol. The van der Waals surface area contributed by atoms with Gasteiger partial charge in [0.15, 0.2) is 0 Å². The maximum Gasteiger partial charge on any atom is 0.320 e. The summed E-state index contributed by atoms with van der Waals surface area (Å²) in [5.41, 5.74) is 0. The normalized spacial score (nSPS) is 8.69. The second-order valence-corrected chi connectivity index (χ2v) is 2.89. The van der Waals surface area contributed by atoms with Crippen LogP contribution in [0.4, 0.5) is 0 Å². The standard InChI is InChI=1S/C5H6ClN3O.CH2Cl2/c1-3-7-4(6)9-5(8-3)10-2;2-1-3/h1-2H3;1H2. The minimum absolute atomic E-state index is 0.157. The van der Waals surface area contributed by atoms with Crippen molar-refractivity contribution in [2.45, 2.75) is 6.92 Å². The van der Waals surface area contributed by atoms with E-state index < -0.39 is 0 Å². The molecule has 1 rings (SSSR count). The van der Waals surface area contributed by atoms with E-state index in [2.05, 4.69) is 15.0 Å². The largest absolute Gasteiger partial charge is 0.467 e. The first-order chi connectivity index (χ1) is 6.13. The van der Waals surface area contributed by atoms with Gasteiger partial charge in [0.2, 0.25) is 5.28 Å². The fraction of sp³-hybridized carbons (Fsp3) is 0.500. The van der Waals surface area contributed by atoms with Gasteiger partial charge >= 0.3 is 6.01 Å². The van der Waals surface area contributed by atoms with Crippen LogP contribution in [0.5, 0.6) is 6.01 Å². The molecule has 0 spiro atoms. The molecule has 0 atom stereocenters. The Kier molecular flexibility index (Phi) is 6.94. The van der Waals surface area contributed by atoms with Gasteiger partial charge in [-0.15, -0.1) is 23.2 Å². The van der Waals surface area contributed by atoms with Crippen molar-refractivity contribution in [2.24, 2.45) is 0 Å². The number of aromatic nitrogens is 3. The van der Waals surface area contributed by atoms with E-state index in [4.69, 9.17) is 39.5 Å². The van der Waals surface area contributed by atoms with Crippen molar-refractivity contribution in [1.82, 2.24) is 15.0 Å². The Labute approximate surface area is 91.2 Å². The first kappa shape index (κ1) is 12.7. The van der Waals surface area contributed by atoms with Crippen molar-refractivity contribution in [3.05, 3.63) is 11.1 Å². The van der Waals surface area contributed by atoms with E-state index in [1.165, 1.54) is 7.11 Å². The highest BCUT2D eigenvalue weighted by molar-refractivity contribution is 6.40. The number of alkyl halides is 2. The van der Waals surface area contributed by atoms with Crippen molar-refractivity contribution < 1.29 is 4.74 Å². The lowest BCUT2D eigenvalue weighted by Crippen LogP contribution is -1.96. The Hall–Kier alpha value is -0.320. The number of hydrogen-bond acceptors (Lipinski definition) is 4. The highest BCUT2D eigenvalue weighted by Crippen LogP contribution is 2.05. The molecule has 0 unspecified atom stereocenters. The van der Waals surface area contributed by atoms with Crippen molar-refractivity contribution in [3.8, 4) is 6.01 Å². The molecule has 1 aromatic heterocycles. The molecule has 0 aliphatic heterocycles. The molecule has 7 heteroatoms. The van der Waals surface area contributed by atoms with Crippen LogP contribution in [-0.2, 0) is 0 Å². The predicted molar refractivity (Wildman–Crippen MR) is 52.7 cm³/mol. The topological polar surface area (TPSA) is 47.9 Å². The molecule has 0 radical (unpaired) electrons. The van der Waals surface area contributed by atoms with E-state index in [-0.39, 0.29) is 16.6 Å². The zero-order valence-electron chi connectivity index (χ0n) is 7.09. The van der Waals surface area contributed by atoms with Crippen LogP contribution < -0.4 is 4.74 Å². The maximum absolute atomic E-state index is 5.49. The fourth-order valence-corrected chi connectivity index (χ4v) is 0.712. The van der Waals surface area contributed by atoms with Gasteiger partial charge in [0.05, 0.1) is 12.4 Å². The van der Waals surface area contributed by atoms with Gasteiger partial charge in [-0.1, -0.05) is 0 Å². The van der Waals surface area contributed by atoms with Crippen LogP contribution in [0.1, 0.15) is 5.82 Å². The summed E-state index contributed by atoms with van der Waals surface area (Å²) in [7, 11) is 1.48. The summed E-state index contributed by atoms with van der Waals surface area (Å²) >= 11 is 15.0. The quantitative estimate of drug-likeness (QED) is 0.711. The second-order valence-electron chi connectivity index (χ2n) is 1.74. The lowest BCUT2D eigenvalue weighted by atomic mass is 10.7. The van der Waals surface area contributed by atoms with Crippen LogP contribution in [0.15, 0.2) is 0 Å². The Bertz CT molecular complexity index is 239. The maximum atomic E-state index is 5.49. The van der Waals surface area contributed by atoms with Crippen LogP contribution in [0, 0.1) is 6.92 Å². The monoisotopic (exact) mass is 243 g/mol. The summed E-state index contributed by atoms with van der Waals surface area (Å²) < 4.78 is 4.73. The molecule has 0 aliphatic carbocycles. The molecular formula is C6H8Cl3N3O. The van der Waals surface area contributed by atoms with Crippen LogP contribution in [0.2, 0.25) is 5.28 Å². The van der Waals surface area contributed by atoms with Gasteiger partial charge < -0.3 is 4.74 Å². The predicted octanol–water partition coefficient (Wildman–Crippen LogP) is 2.26. The first-order valence-electron chi connectivity index (χ1n) is 3.18. The Morgan fingerprint density at radius 3 is 2.15 bits per heavy atom. The third kappa shape index (κ3) is 5.85. The number of methoxy groups -OCH3 is 1. The Morgan fingerprint density at radius 1 is 1.23 bits per heavy atom. The minimum atomic E-state index is 0.157. The SMILES string of the molecule is COc1nc(C)nc(Cl)n1.ClCCl. The molecule has 0 saturated heterocycles. The van der Waals surface area contributed by atoms with Crippen LogP contribution in [-0.4, -0.2) is 27.4 Å². The van der Waals surface area contributed by atoms with Crippen molar-refractivity contribution >= 4 is 34.8 Å². The van der Waals surface area contributed by atoms with E-state index in [0.717, 1.165) is 0 Å². The van der Waals surface area contributed by atoms with Gasteiger partial charge in [-0.25, -0.2) is 4.98 Å². The van der Waals surface area contributed by atoms with Crippen molar-refractivity contribution in [1.29, 1.82) is 0 Å². The molecule has 0 aliphatic rings. The smallest absolute Gasteiger partial charge is 0.320 e. The second kappa shape index (κ2) is 7.12. The highest BCUT2D eigenvalue weighted by atomic mass is 35.5. The molecule has 0 amide bonds. The number of aryl methyl sites for hydroxylation is 1. The molecule has 74 valence electrons. The summed E-state index contributed by atoms with van der Waals surface area (Å²) in [4.78, 5) is 11.2. The number of nitrogens with zero attached hydrogens (tertiary/aromatic N) is 3. The van der Waals surface area contributed by atoms with E-state index >= 15 is 0 Å². The summed E-state index contributed by atoms with van der Waals surface area (Å²) in [6, 6.07) is 0.248. The number of halogens is 3. The van der Waals surface area contributed by atoms with Gasteiger partial charge in [-0.2, -0.15) is 9.97 Å². The highest BCUT2D eigenvalue weighted by Gasteiger charge is 1.98. The van der Waals surface area contributed by atoms with Gasteiger partial charge in [0, 0.05) is 0 Å². The zero-order valence-corrected chi connectivity index (χ0v) is 9.36. The van der Waals surface area contributed by atoms with Crippen molar-refractivity contribution in [3.63, 3.8) is 0 Å². The van der Waals surface area contributed by atoms with Gasteiger partial charge in [-0.3, -0.25) is 0 Å². The fourth-order valence-electron chi connectivity index (χ4n) is 0.517. The van der Waals surface area contributed by atoms with Gasteiger partial charge in [0.1, 0.15) is 5.82 Å². The average Bonchev–Trinajstić information content (AvgIpc) is 2.04.